The minimum absolute atomic E-state index is 0.0385. The highest BCUT2D eigenvalue weighted by Gasteiger charge is 2.20. The molecular weight excluding hydrogens is 364 g/mol. The number of hydrogen-bond donors (Lipinski definition) is 1. The number of benzene rings is 1. The van der Waals surface area contributed by atoms with E-state index in [-0.39, 0.29) is 5.91 Å². The van der Waals surface area contributed by atoms with Crippen LogP contribution in [0, 0.1) is 13.8 Å². The average molecular weight is 393 g/mol. The van der Waals surface area contributed by atoms with Gasteiger partial charge in [0.15, 0.2) is 0 Å². The maximum Gasteiger partial charge on any atom is 0.316 e. The van der Waals surface area contributed by atoms with Crippen LogP contribution in [0.2, 0.25) is 0 Å². The Bertz CT molecular complexity index is 1030. The van der Waals surface area contributed by atoms with Crippen LogP contribution in [-0.2, 0) is 24.2 Å². The fourth-order valence-corrected chi connectivity index (χ4v) is 4.32. The number of hydrogen-bond acceptors (Lipinski definition) is 4. The molecule has 0 saturated heterocycles. The standard InChI is InChI=1S/C23H28N4O2/c1-15-13-16(2)25-23(24-15)29-12-6-11-27-21-8-5-4-7-19(21)20-14-18(26-17(3)28)9-10-22(20)27/h9-10,13-14H,4-8,11-12H2,1-3H3,(H,26,28). The predicted octanol–water partition coefficient (Wildman–Crippen LogP) is 4.35. The molecule has 152 valence electrons. The van der Waals surface area contributed by atoms with Gasteiger partial charge in [-0.15, -0.1) is 0 Å². The molecule has 6 heteroatoms. The molecule has 2 heterocycles. The summed E-state index contributed by atoms with van der Waals surface area (Å²) in [7, 11) is 0. The number of aryl methyl sites for hydroxylation is 4. The summed E-state index contributed by atoms with van der Waals surface area (Å²) in [5.41, 5.74) is 6.84. The fourth-order valence-electron chi connectivity index (χ4n) is 4.32. The first-order valence-corrected chi connectivity index (χ1v) is 10.4. The number of rotatable bonds is 6. The van der Waals surface area contributed by atoms with E-state index in [0.29, 0.717) is 12.6 Å². The summed E-state index contributed by atoms with van der Waals surface area (Å²) in [6.07, 6.45) is 5.56. The molecule has 0 saturated carbocycles. The van der Waals surface area contributed by atoms with Gasteiger partial charge >= 0.3 is 6.01 Å². The molecule has 0 fully saturated rings. The number of amides is 1. The van der Waals surface area contributed by atoms with Crippen molar-refractivity contribution >= 4 is 22.5 Å². The minimum atomic E-state index is -0.0385. The lowest BCUT2D eigenvalue weighted by molar-refractivity contribution is -0.114. The molecule has 0 spiro atoms. The molecule has 1 aliphatic carbocycles. The Morgan fingerprint density at radius 2 is 1.90 bits per heavy atom. The van der Waals surface area contributed by atoms with E-state index in [2.05, 4.69) is 32.0 Å². The van der Waals surface area contributed by atoms with E-state index in [1.165, 1.54) is 35.0 Å². The Hall–Kier alpha value is -2.89. The van der Waals surface area contributed by atoms with Crippen molar-refractivity contribution in [1.29, 1.82) is 0 Å². The second kappa shape index (κ2) is 8.23. The van der Waals surface area contributed by atoms with Gasteiger partial charge in [-0.1, -0.05) is 0 Å². The summed E-state index contributed by atoms with van der Waals surface area (Å²) < 4.78 is 8.24. The number of ether oxygens (including phenoxy) is 1. The van der Waals surface area contributed by atoms with Crippen LogP contribution in [0.1, 0.15) is 48.8 Å². The zero-order valence-electron chi connectivity index (χ0n) is 17.4. The SMILES string of the molecule is CC(=O)Nc1ccc2c(c1)c1c(n2CCCOc2nc(C)cc(C)n2)CCCC1. The first kappa shape index (κ1) is 19.4. The van der Waals surface area contributed by atoms with Crippen LogP contribution in [0.25, 0.3) is 10.9 Å². The Labute approximate surface area is 171 Å². The van der Waals surface area contributed by atoms with Crippen molar-refractivity contribution in [3.63, 3.8) is 0 Å². The van der Waals surface area contributed by atoms with E-state index in [9.17, 15) is 4.79 Å². The number of nitrogens with zero attached hydrogens (tertiary/aromatic N) is 3. The largest absolute Gasteiger partial charge is 0.463 e. The van der Waals surface area contributed by atoms with Gasteiger partial charge in [0.2, 0.25) is 5.91 Å². The maximum absolute atomic E-state index is 11.4. The van der Waals surface area contributed by atoms with Gasteiger partial charge in [-0.2, -0.15) is 0 Å². The van der Waals surface area contributed by atoms with Crippen molar-refractivity contribution in [1.82, 2.24) is 14.5 Å². The number of carbonyl (C=O) groups is 1. The molecule has 4 rings (SSSR count). The third kappa shape index (κ3) is 4.26. The molecule has 0 bridgehead atoms. The van der Waals surface area contributed by atoms with E-state index >= 15 is 0 Å². The van der Waals surface area contributed by atoms with Crippen LogP contribution >= 0.6 is 0 Å². The van der Waals surface area contributed by atoms with Gasteiger partial charge in [0.1, 0.15) is 0 Å². The highest BCUT2D eigenvalue weighted by Crippen LogP contribution is 2.34. The van der Waals surface area contributed by atoms with Gasteiger partial charge in [-0.05, 0) is 75.8 Å². The van der Waals surface area contributed by atoms with Crippen molar-refractivity contribution in [3.8, 4) is 6.01 Å². The van der Waals surface area contributed by atoms with Crippen molar-refractivity contribution in [2.24, 2.45) is 0 Å². The smallest absolute Gasteiger partial charge is 0.316 e. The fraction of sp³-hybridized carbons (Fsp3) is 0.435. The normalized spacial score (nSPS) is 13.3. The summed E-state index contributed by atoms with van der Waals surface area (Å²) in [5.74, 6) is -0.0385. The van der Waals surface area contributed by atoms with E-state index < -0.39 is 0 Å². The monoisotopic (exact) mass is 392 g/mol. The molecule has 0 aliphatic heterocycles. The third-order valence-electron chi connectivity index (χ3n) is 5.42. The first-order valence-electron chi connectivity index (χ1n) is 10.4. The summed E-state index contributed by atoms with van der Waals surface area (Å²) in [6.45, 7) is 6.94. The topological polar surface area (TPSA) is 69.0 Å². The average Bonchev–Trinajstić information content (AvgIpc) is 2.97. The van der Waals surface area contributed by atoms with Crippen molar-refractivity contribution in [3.05, 3.63) is 46.9 Å². The Kier molecular flexibility index (Phi) is 5.51. The predicted molar refractivity (Wildman–Crippen MR) is 115 cm³/mol. The number of anilines is 1. The Balaban J connectivity index is 1.52. The minimum Gasteiger partial charge on any atom is -0.463 e. The lowest BCUT2D eigenvalue weighted by atomic mass is 9.95. The second-order valence-electron chi connectivity index (χ2n) is 7.83. The van der Waals surface area contributed by atoms with E-state index in [4.69, 9.17) is 4.74 Å². The summed E-state index contributed by atoms with van der Waals surface area (Å²) in [5, 5.41) is 4.18. The quantitative estimate of drug-likeness (QED) is 0.633. The second-order valence-corrected chi connectivity index (χ2v) is 7.83. The Morgan fingerprint density at radius 1 is 1.14 bits per heavy atom. The molecule has 29 heavy (non-hydrogen) atoms. The van der Waals surface area contributed by atoms with Gasteiger partial charge < -0.3 is 14.6 Å². The van der Waals surface area contributed by atoms with Crippen LogP contribution in [0.3, 0.4) is 0 Å². The molecule has 0 unspecified atom stereocenters. The number of nitrogens with one attached hydrogen (secondary N) is 1. The number of carbonyl (C=O) groups excluding carboxylic acids is 1. The van der Waals surface area contributed by atoms with E-state index in [1.54, 1.807) is 6.92 Å². The molecule has 1 N–H and O–H groups in total. The molecule has 2 aromatic heterocycles. The molecule has 1 amide bonds. The van der Waals surface area contributed by atoms with Crippen LogP contribution in [-0.4, -0.2) is 27.0 Å². The lowest BCUT2D eigenvalue weighted by Crippen LogP contribution is -2.11. The van der Waals surface area contributed by atoms with Crippen LogP contribution in [0.15, 0.2) is 24.3 Å². The van der Waals surface area contributed by atoms with E-state index in [1.807, 2.05) is 26.0 Å². The van der Waals surface area contributed by atoms with Gasteiger partial charge in [-0.3, -0.25) is 4.79 Å². The summed E-state index contributed by atoms with van der Waals surface area (Å²) in [4.78, 5) is 20.1. The summed E-state index contributed by atoms with van der Waals surface area (Å²) in [6, 6.07) is 8.65. The molecular formula is C23H28N4O2. The molecule has 0 atom stereocenters. The van der Waals surface area contributed by atoms with Gasteiger partial charge in [0.05, 0.1) is 6.61 Å². The molecule has 1 aliphatic rings. The van der Waals surface area contributed by atoms with Gasteiger partial charge in [0.25, 0.3) is 0 Å². The van der Waals surface area contributed by atoms with Crippen LogP contribution in [0.5, 0.6) is 6.01 Å². The van der Waals surface area contributed by atoms with Crippen molar-refractivity contribution in [2.45, 2.75) is 59.4 Å². The molecule has 0 radical (unpaired) electrons. The summed E-state index contributed by atoms with van der Waals surface area (Å²) >= 11 is 0. The Morgan fingerprint density at radius 3 is 2.66 bits per heavy atom. The van der Waals surface area contributed by atoms with Crippen LogP contribution < -0.4 is 10.1 Å². The number of fused-ring (bicyclic) bond motifs is 3. The highest BCUT2D eigenvalue weighted by molar-refractivity contribution is 5.94. The zero-order chi connectivity index (χ0) is 20.4. The molecule has 3 aromatic rings. The lowest BCUT2D eigenvalue weighted by Gasteiger charge is -2.16. The maximum atomic E-state index is 11.4. The van der Waals surface area contributed by atoms with Crippen molar-refractivity contribution < 1.29 is 9.53 Å². The van der Waals surface area contributed by atoms with Crippen molar-refractivity contribution in [2.75, 3.05) is 11.9 Å². The zero-order valence-corrected chi connectivity index (χ0v) is 17.4. The number of aromatic nitrogens is 3. The third-order valence-corrected chi connectivity index (χ3v) is 5.42. The van der Waals surface area contributed by atoms with Gasteiger partial charge in [-0.25, -0.2) is 9.97 Å². The molecule has 6 nitrogen and oxygen atoms in total. The molecule has 1 aromatic carbocycles. The first-order chi connectivity index (χ1) is 14.0. The van der Waals surface area contributed by atoms with E-state index in [0.717, 1.165) is 42.9 Å². The van der Waals surface area contributed by atoms with Gasteiger partial charge in [0, 0.05) is 47.1 Å². The highest BCUT2D eigenvalue weighted by atomic mass is 16.5. The van der Waals surface area contributed by atoms with Crippen LogP contribution in [0.4, 0.5) is 5.69 Å².